The summed E-state index contributed by atoms with van der Waals surface area (Å²) in [5, 5.41) is 2.15. The number of nitrogens with one attached hydrogen (secondary N) is 1. The standard InChI is InChI=1S/C9H18NO4P/c1-4-14-15(3,13)7-5-6-9(12)10-8(2)11/h4-7H2,1-3H3,(H,10,11,12). The van der Waals surface area contributed by atoms with Gasteiger partial charge in [0.2, 0.25) is 11.8 Å². The zero-order chi connectivity index (χ0) is 11.9. The Kier molecular flexibility index (Phi) is 6.45. The van der Waals surface area contributed by atoms with Crippen LogP contribution in [-0.4, -0.2) is 31.2 Å². The van der Waals surface area contributed by atoms with Gasteiger partial charge in [-0.2, -0.15) is 0 Å². The van der Waals surface area contributed by atoms with Gasteiger partial charge in [-0.05, 0) is 13.3 Å². The van der Waals surface area contributed by atoms with Gasteiger partial charge in [-0.1, -0.05) is 0 Å². The highest BCUT2D eigenvalue weighted by Crippen LogP contribution is 2.42. The number of carbonyl (C=O) groups excluding carboxylic acids is 2. The number of rotatable bonds is 6. The van der Waals surface area contributed by atoms with Crippen LogP contribution in [0, 0.1) is 0 Å². The van der Waals surface area contributed by atoms with E-state index in [0.29, 0.717) is 19.2 Å². The zero-order valence-electron chi connectivity index (χ0n) is 9.41. The third kappa shape index (κ3) is 8.33. The molecule has 0 aromatic rings. The van der Waals surface area contributed by atoms with Gasteiger partial charge in [0.1, 0.15) is 0 Å². The maximum Gasteiger partial charge on any atom is 0.226 e. The van der Waals surface area contributed by atoms with Crippen molar-refractivity contribution < 1.29 is 18.7 Å². The summed E-state index contributed by atoms with van der Waals surface area (Å²) in [5.74, 6) is -0.705. The topological polar surface area (TPSA) is 72.5 Å². The molecule has 88 valence electrons. The Morgan fingerprint density at radius 1 is 1.40 bits per heavy atom. The van der Waals surface area contributed by atoms with Crippen LogP contribution in [0.1, 0.15) is 26.7 Å². The minimum Gasteiger partial charge on any atom is -0.329 e. The van der Waals surface area contributed by atoms with Gasteiger partial charge in [-0.3, -0.25) is 19.5 Å². The Morgan fingerprint density at radius 2 is 2.00 bits per heavy atom. The first kappa shape index (κ1) is 14.3. The average Bonchev–Trinajstić information content (AvgIpc) is 2.01. The minimum absolute atomic E-state index is 0.199. The lowest BCUT2D eigenvalue weighted by Gasteiger charge is -2.11. The first-order valence-electron chi connectivity index (χ1n) is 4.89. The molecule has 0 rings (SSSR count). The van der Waals surface area contributed by atoms with Gasteiger partial charge in [0.15, 0.2) is 7.37 Å². The predicted molar refractivity (Wildman–Crippen MR) is 58.1 cm³/mol. The molecule has 5 nitrogen and oxygen atoms in total. The summed E-state index contributed by atoms with van der Waals surface area (Å²) in [7, 11) is -2.55. The number of hydrogen-bond donors (Lipinski definition) is 1. The molecule has 1 atom stereocenters. The van der Waals surface area contributed by atoms with E-state index in [1.165, 1.54) is 6.92 Å². The fourth-order valence-corrected chi connectivity index (χ4v) is 2.53. The van der Waals surface area contributed by atoms with E-state index in [1.807, 2.05) is 0 Å². The molecule has 0 fully saturated rings. The Morgan fingerprint density at radius 3 is 2.47 bits per heavy atom. The number of hydrogen-bond acceptors (Lipinski definition) is 4. The summed E-state index contributed by atoms with van der Waals surface area (Å²) in [6.07, 6.45) is 1.03. The lowest BCUT2D eigenvalue weighted by atomic mass is 10.3. The second-order valence-corrected chi connectivity index (χ2v) is 6.10. The van der Waals surface area contributed by atoms with Crippen molar-refractivity contribution >= 4 is 19.2 Å². The Bertz CT molecular complexity index is 277. The molecule has 15 heavy (non-hydrogen) atoms. The monoisotopic (exact) mass is 235 g/mol. The van der Waals surface area contributed by atoms with E-state index in [0.717, 1.165) is 0 Å². The van der Waals surface area contributed by atoms with E-state index in [4.69, 9.17) is 4.52 Å². The molecule has 0 saturated heterocycles. The highest BCUT2D eigenvalue weighted by Gasteiger charge is 2.15. The molecular weight excluding hydrogens is 217 g/mol. The molecule has 2 amide bonds. The van der Waals surface area contributed by atoms with Gasteiger partial charge in [-0.15, -0.1) is 0 Å². The van der Waals surface area contributed by atoms with Crippen molar-refractivity contribution in [2.24, 2.45) is 0 Å². The van der Waals surface area contributed by atoms with Crippen LogP contribution in [0.15, 0.2) is 0 Å². The van der Waals surface area contributed by atoms with Gasteiger partial charge in [0.25, 0.3) is 0 Å². The Hall–Kier alpha value is -0.670. The van der Waals surface area contributed by atoms with Crippen LogP contribution in [0.4, 0.5) is 0 Å². The van der Waals surface area contributed by atoms with Crippen molar-refractivity contribution in [2.75, 3.05) is 19.4 Å². The van der Waals surface area contributed by atoms with Crippen molar-refractivity contribution in [3.8, 4) is 0 Å². The summed E-state index contributed by atoms with van der Waals surface area (Å²) in [5.41, 5.74) is 0. The molecule has 1 N–H and O–H groups in total. The van der Waals surface area contributed by atoms with Crippen LogP contribution >= 0.6 is 7.37 Å². The van der Waals surface area contributed by atoms with E-state index in [2.05, 4.69) is 5.32 Å². The highest BCUT2D eigenvalue weighted by molar-refractivity contribution is 7.58. The summed E-state index contributed by atoms with van der Waals surface area (Å²) in [6.45, 7) is 5.02. The van der Waals surface area contributed by atoms with Crippen molar-refractivity contribution in [1.82, 2.24) is 5.32 Å². The smallest absolute Gasteiger partial charge is 0.226 e. The van der Waals surface area contributed by atoms with Crippen LogP contribution in [0.25, 0.3) is 0 Å². The zero-order valence-corrected chi connectivity index (χ0v) is 10.3. The molecule has 0 aromatic heterocycles. The largest absolute Gasteiger partial charge is 0.329 e. The van der Waals surface area contributed by atoms with Crippen LogP contribution in [0.5, 0.6) is 0 Å². The van der Waals surface area contributed by atoms with Crippen molar-refractivity contribution in [2.45, 2.75) is 26.7 Å². The third-order valence-electron chi connectivity index (χ3n) is 1.69. The third-order valence-corrected chi connectivity index (χ3v) is 3.62. The Balaban J connectivity index is 3.74. The molecule has 0 bridgehead atoms. The first-order valence-corrected chi connectivity index (χ1v) is 7.14. The van der Waals surface area contributed by atoms with Gasteiger partial charge in [0, 0.05) is 26.2 Å². The van der Waals surface area contributed by atoms with E-state index in [9.17, 15) is 14.2 Å². The van der Waals surface area contributed by atoms with Crippen molar-refractivity contribution in [1.29, 1.82) is 0 Å². The SMILES string of the molecule is CCOP(C)(=O)CCCC(=O)NC(C)=O. The van der Waals surface area contributed by atoms with E-state index in [1.54, 1.807) is 13.6 Å². The minimum atomic E-state index is -2.55. The average molecular weight is 235 g/mol. The maximum absolute atomic E-state index is 11.6. The van der Waals surface area contributed by atoms with E-state index < -0.39 is 7.37 Å². The lowest BCUT2D eigenvalue weighted by Crippen LogP contribution is -2.27. The summed E-state index contributed by atoms with van der Waals surface area (Å²) >= 11 is 0. The van der Waals surface area contributed by atoms with E-state index in [-0.39, 0.29) is 18.2 Å². The first-order chi connectivity index (χ1) is 6.87. The quantitative estimate of drug-likeness (QED) is 0.706. The van der Waals surface area contributed by atoms with E-state index >= 15 is 0 Å². The number of carbonyl (C=O) groups is 2. The molecule has 0 heterocycles. The van der Waals surface area contributed by atoms with Crippen LogP contribution in [0.2, 0.25) is 0 Å². The van der Waals surface area contributed by atoms with Crippen LogP contribution < -0.4 is 5.32 Å². The van der Waals surface area contributed by atoms with Gasteiger partial charge in [-0.25, -0.2) is 0 Å². The fourth-order valence-electron chi connectivity index (χ4n) is 1.12. The predicted octanol–water partition coefficient (Wildman–Crippen LogP) is 1.37. The second kappa shape index (κ2) is 6.75. The summed E-state index contributed by atoms with van der Waals surface area (Å²) < 4.78 is 16.6. The van der Waals surface area contributed by atoms with Crippen LogP contribution in [0.3, 0.4) is 0 Å². The molecule has 0 aliphatic carbocycles. The summed E-state index contributed by atoms with van der Waals surface area (Å²) in [6, 6.07) is 0. The van der Waals surface area contributed by atoms with Crippen molar-refractivity contribution in [3.05, 3.63) is 0 Å². The fraction of sp³-hybridized carbons (Fsp3) is 0.778. The molecular formula is C9H18NO4P. The van der Waals surface area contributed by atoms with Gasteiger partial charge >= 0.3 is 0 Å². The lowest BCUT2D eigenvalue weighted by molar-refractivity contribution is -0.129. The highest BCUT2D eigenvalue weighted by atomic mass is 31.2. The van der Waals surface area contributed by atoms with Crippen molar-refractivity contribution in [3.63, 3.8) is 0 Å². The molecule has 0 saturated carbocycles. The summed E-state index contributed by atoms with van der Waals surface area (Å²) in [4.78, 5) is 21.5. The Labute approximate surface area is 90.0 Å². The maximum atomic E-state index is 11.6. The van der Waals surface area contributed by atoms with Crippen LogP contribution in [-0.2, 0) is 18.7 Å². The number of imide groups is 1. The molecule has 0 aliphatic heterocycles. The molecule has 0 spiro atoms. The molecule has 0 aromatic carbocycles. The second-order valence-electron chi connectivity index (χ2n) is 3.36. The normalized spacial score (nSPS) is 14.3. The molecule has 0 radical (unpaired) electrons. The number of amides is 2. The van der Waals surface area contributed by atoms with Gasteiger partial charge < -0.3 is 4.52 Å². The van der Waals surface area contributed by atoms with Gasteiger partial charge in [0.05, 0.1) is 6.61 Å². The molecule has 1 unspecified atom stereocenters. The molecule has 0 aliphatic rings. The molecule has 6 heteroatoms.